The molecule has 104 valence electrons. The zero-order valence-corrected chi connectivity index (χ0v) is 11.6. The quantitative estimate of drug-likeness (QED) is 0.748. The van der Waals surface area contributed by atoms with E-state index in [1.807, 2.05) is 0 Å². The fourth-order valence-electron chi connectivity index (χ4n) is 4.00. The van der Waals surface area contributed by atoms with E-state index in [1.54, 1.807) is 0 Å². The summed E-state index contributed by atoms with van der Waals surface area (Å²) < 4.78 is 5.45. The monoisotopic (exact) mass is 252 g/mol. The van der Waals surface area contributed by atoms with Crippen LogP contribution in [0.2, 0.25) is 0 Å². The van der Waals surface area contributed by atoms with Gasteiger partial charge < -0.3 is 9.64 Å². The van der Waals surface area contributed by atoms with Crippen LogP contribution < -0.4 is 0 Å². The SMILES string of the molecule is C1CCC(N2CCC(N3CCOCC3)CC2)CC1. The molecule has 3 rings (SSSR count). The van der Waals surface area contributed by atoms with Crippen LogP contribution in [0.15, 0.2) is 0 Å². The summed E-state index contributed by atoms with van der Waals surface area (Å²) in [4.78, 5) is 5.46. The molecule has 0 aromatic rings. The first-order valence-corrected chi connectivity index (χ1v) is 7.99. The summed E-state index contributed by atoms with van der Waals surface area (Å²) in [5, 5.41) is 0. The number of ether oxygens (including phenoxy) is 1. The molecule has 0 radical (unpaired) electrons. The van der Waals surface area contributed by atoms with Crippen molar-refractivity contribution < 1.29 is 4.74 Å². The predicted molar refractivity (Wildman–Crippen MR) is 73.9 cm³/mol. The maximum atomic E-state index is 5.45. The van der Waals surface area contributed by atoms with Gasteiger partial charge in [0.05, 0.1) is 13.2 Å². The van der Waals surface area contributed by atoms with Gasteiger partial charge in [-0.2, -0.15) is 0 Å². The van der Waals surface area contributed by atoms with Crippen molar-refractivity contribution >= 4 is 0 Å². The van der Waals surface area contributed by atoms with Crippen LogP contribution in [0.3, 0.4) is 0 Å². The lowest BCUT2D eigenvalue weighted by Crippen LogP contribution is -2.51. The molecule has 18 heavy (non-hydrogen) atoms. The lowest BCUT2D eigenvalue weighted by atomic mass is 9.92. The van der Waals surface area contributed by atoms with E-state index in [1.165, 1.54) is 58.0 Å². The van der Waals surface area contributed by atoms with E-state index in [0.29, 0.717) is 0 Å². The first kappa shape index (κ1) is 12.9. The highest BCUT2D eigenvalue weighted by molar-refractivity contribution is 4.85. The van der Waals surface area contributed by atoms with E-state index < -0.39 is 0 Å². The van der Waals surface area contributed by atoms with Gasteiger partial charge in [-0.1, -0.05) is 19.3 Å². The second kappa shape index (κ2) is 6.36. The maximum Gasteiger partial charge on any atom is 0.0594 e. The number of hydrogen-bond acceptors (Lipinski definition) is 3. The Morgan fingerprint density at radius 2 is 1.17 bits per heavy atom. The molecule has 0 spiro atoms. The van der Waals surface area contributed by atoms with Crippen molar-refractivity contribution in [2.24, 2.45) is 0 Å². The molecule has 3 nitrogen and oxygen atoms in total. The average Bonchev–Trinajstić information content (AvgIpc) is 2.49. The Bertz CT molecular complexity index is 213. The van der Waals surface area contributed by atoms with Crippen molar-refractivity contribution in [1.29, 1.82) is 0 Å². The molecular weight excluding hydrogens is 224 g/mol. The molecule has 2 heterocycles. The summed E-state index contributed by atoms with van der Waals surface area (Å²) in [6, 6.07) is 1.76. The van der Waals surface area contributed by atoms with Crippen LogP contribution in [0, 0.1) is 0 Å². The van der Waals surface area contributed by atoms with Crippen molar-refractivity contribution in [2.45, 2.75) is 57.0 Å². The lowest BCUT2D eigenvalue weighted by molar-refractivity contribution is -0.00518. The van der Waals surface area contributed by atoms with Crippen molar-refractivity contribution in [2.75, 3.05) is 39.4 Å². The van der Waals surface area contributed by atoms with Crippen molar-refractivity contribution in [3.05, 3.63) is 0 Å². The highest BCUT2D eigenvalue weighted by atomic mass is 16.5. The first-order valence-electron chi connectivity index (χ1n) is 7.99. The lowest BCUT2D eigenvalue weighted by Gasteiger charge is -2.43. The molecule has 0 unspecified atom stereocenters. The van der Waals surface area contributed by atoms with Gasteiger partial charge in [-0.15, -0.1) is 0 Å². The van der Waals surface area contributed by atoms with Gasteiger partial charge in [0.1, 0.15) is 0 Å². The van der Waals surface area contributed by atoms with E-state index in [-0.39, 0.29) is 0 Å². The summed E-state index contributed by atoms with van der Waals surface area (Å²) in [5.74, 6) is 0. The summed E-state index contributed by atoms with van der Waals surface area (Å²) in [6.45, 7) is 6.90. The fourth-order valence-corrected chi connectivity index (χ4v) is 4.00. The third-order valence-electron chi connectivity index (χ3n) is 5.15. The van der Waals surface area contributed by atoms with Gasteiger partial charge in [0, 0.05) is 25.2 Å². The van der Waals surface area contributed by atoms with Crippen LogP contribution in [-0.2, 0) is 4.74 Å². The first-order chi connectivity index (χ1) is 8.93. The minimum atomic E-state index is 0.841. The van der Waals surface area contributed by atoms with Crippen LogP contribution in [0.5, 0.6) is 0 Å². The number of rotatable bonds is 2. The number of hydrogen-bond donors (Lipinski definition) is 0. The molecule has 1 aliphatic carbocycles. The second-order valence-electron chi connectivity index (χ2n) is 6.21. The molecule has 2 saturated heterocycles. The zero-order chi connectivity index (χ0) is 12.2. The molecule has 3 aliphatic rings. The van der Waals surface area contributed by atoms with Gasteiger partial charge in [0.2, 0.25) is 0 Å². The summed E-state index contributed by atoms with van der Waals surface area (Å²) >= 11 is 0. The van der Waals surface area contributed by atoms with Crippen LogP contribution >= 0.6 is 0 Å². The van der Waals surface area contributed by atoms with Crippen molar-refractivity contribution in [3.63, 3.8) is 0 Å². The highest BCUT2D eigenvalue weighted by Crippen LogP contribution is 2.26. The molecule has 1 saturated carbocycles. The van der Waals surface area contributed by atoms with Gasteiger partial charge in [-0.05, 0) is 38.8 Å². The Kier molecular flexibility index (Phi) is 4.55. The number of piperidine rings is 1. The normalized spacial score (nSPS) is 30.7. The van der Waals surface area contributed by atoms with Gasteiger partial charge in [-0.3, -0.25) is 4.90 Å². The van der Waals surface area contributed by atoms with Crippen LogP contribution in [0.25, 0.3) is 0 Å². The van der Waals surface area contributed by atoms with Gasteiger partial charge in [-0.25, -0.2) is 0 Å². The van der Waals surface area contributed by atoms with E-state index in [2.05, 4.69) is 9.80 Å². The molecule has 3 fully saturated rings. The van der Waals surface area contributed by atoms with Gasteiger partial charge >= 0.3 is 0 Å². The molecule has 0 amide bonds. The largest absolute Gasteiger partial charge is 0.379 e. The van der Waals surface area contributed by atoms with Crippen molar-refractivity contribution in [1.82, 2.24) is 9.80 Å². The summed E-state index contributed by atoms with van der Waals surface area (Å²) in [5.41, 5.74) is 0. The Labute approximate surface area is 111 Å². The van der Waals surface area contributed by atoms with Crippen LogP contribution in [0.1, 0.15) is 44.9 Å². The molecule has 0 aromatic carbocycles. The summed E-state index contributed by atoms with van der Waals surface area (Å²) in [7, 11) is 0. The maximum absolute atomic E-state index is 5.45. The number of likely N-dealkylation sites (tertiary alicyclic amines) is 1. The van der Waals surface area contributed by atoms with E-state index >= 15 is 0 Å². The molecule has 2 aliphatic heterocycles. The van der Waals surface area contributed by atoms with Gasteiger partial charge in [0.15, 0.2) is 0 Å². The standard InChI is InChI=1S/C15H28N2O/c1-2-4-14(5-3-1)16-8-6-15(7-9-16)17-10-12-18-13-11-17/h14-15H,1-13H2. The zero-order valence-electron chi connectivity index (χ0n) is 11.6. The molecule has 0 aromatic heterocycles. The Morgan fingerprint density at radius 1 is 0.611 bits per heavy atom. The Morgan fingerprint density at radius 3 is 1.83 bits per heavy atom. The molecular formula is C15H28N2O. The fraction of sp³-hybridized carbons (Fsp3) is 1.00. The molecule has 3 heteroatoms. The number of morpholine rings is 1. The number of nitrogens with zero attached hydrogens (tertiary/aromatic N) is 2. The summed E-state index contributed by atoms with van der Waals surface area (Å²) in [6.07, 6.45) is 10.1. The molecule has 0 atom stereocenters. The van der Waals surface area contributed by atoms with E-state index in [9.17, 15) is 0 Å². The third kappa shape index (κ3) is 3.06. The third-order valence-corrected chi connectivity index (χ3v) is 5.15. The average molecular weight is 252 g/mol. The molecule has 0 N–H and O–H groups in total. The molecule has 0 bridgehead atoms. The van der Waals surface area contributed by atoms with E-state index in [0.717, 1.165) is 38.4 Å². The minimum absolute atomic E-state index is 0.841. The van der Waals surface area contributed by atoms with E-state index in [4.69, 9.17) is 4.74 Å². The topological polar surface area (TPSA) is 15.7 Å². The highest BCUT2D eigenvalue weighted by Gasteiger charge is 2.29. The Hall–Kier alpha value is -0.120. The smallest absolute Gasteiger partial charge is 0.0594 e. The van der Waals surface area contributed by atoms with Gasteiger partial charge in [0.25, 0.3) is 0 Å². The Balaban J connectivity index is 1.45. The van der Waals surface area contributed by atoms with Crippen LogP contribution in [0.4, 0.5) is 0 Å². The van der Waals surface area contributed by atoms with Crippen LogP contribution in [-0.4, -0.2) is 61.3 Å². The second-order valence-corrected chi connectivity index (χ2v) is 6.21. The minimum Gasteiger partial charge on any atom is -0.379 e. The predicted octanol–water partition coefficient (Wildman–Crippen LogP) is 2.12. The van der Waals surface area contributed by atoms with Crippen molar-refractivity contribution in [3.8, 4) is 0 Å².